The SMILES string of the molecule is CC(O)C(C)SCC(=O)Nc1c(N)cc(Cl)cc1Cl. The van der Waals surface area contributed by atoms with Gasteiger partial charge in [-0.05, 0) is 19.1 Å². The van der Waals surface area contributed by atoms with Crippen LogP contribution < -0.4 is 11.1 Å². The fourth-order valence-electron chi connectivity index (χ4n) is 1.25. The zero-order chi connectivity index (χ0) is 14.6. The summed E-state index contributed by atoms with van der Waals surface area (Å²) in [7, 11) is 0. The van der Waals surface area contributed by atoms with Gasteiger partial charge >= 0.3 is 0 Å². The molecule has 0 spiro atoms. The first-order valence-electron chi connectivity index (χ1n) is 5.65. The Labute approximate surface area is 126 Å². The quantitative estimate of drug-likeness (QED) is 0.728. The minimum atomic E-state index is -0.470. The minimum absolute atomic E-state index is 0.0243. The minimum Gasteiger partial charge on any atom is -0.397 e. The third-order valence-corrected chi connectivity index (χ3v) is 4.37. The number of nitrogen functional groups attached to an aromatic ring is 1. The molecule has 0 bridgehead atoms. The van der Waals surface area contributed by atoms with Crippen molar-refractivity contribution < 1.29 is 9.90 Å². The summed E-state index contributed by atoms with van der Waals surface area (Å²) in [5.41, 5.74) is 6.43. The Morgan fingerprint density at radius 3 is 2.63 bits per heavy atom. The average molecular weight is 323 g/mol. The highest BCUT2D eigenvalue weighted by atomic mass is 35.5. The molecule has 0 saturated carbocycles. The van der Waals surface area contributed by atoms with E-state index in [9.17, 15) is 9.90 Å². The van der Waals surface area contributed by atoms with Gasteiger partial charge in [-0.2, -0.15) is 0 Å². The van der Waals surface area contributed by atoms with Crippen LogP contribution in [0.3, 0.4) is 0 Å². The van der Waals surface area contributed by atoms with E-state index in [1.807, 2.05) is 6.92 Å². The number of thioether (sulfide) groups is 1. The summed E-state index contributed by atoms with van der Waals surface area (Å²) < 4.78 is 0. The highest BCUT2D eigenvalue weighted by molar-refractivity contribution is 8.00. The molecule has 4 N–H and O–H groups in total. The molecule has 2 unspecified atom stereocenters. The van der Waals surface area contributed by atoms with Crippen molar-refractivity contribution in [2.75, 3.05) is 16.8 Å². The van der Waals surface area contributed by atoms with Gasteiger partial charge in [0, 0.05) is 10.3 Å². The Morgan fingerprint density at radius 2 is 2.11 bits per heavy atom. The van der Waals surface area contributed by atoms with Gasteiger partial charge in [-0.15, -0.1) is 11.8 Å². The number of aliphatic hydroxyl groups excluding tert-OH is 1. The largest absolute Gasteiger partial charge is 0.397 e. The first-order valence-corrected chi connectivity index (χ1v) is 7.45. The van der Waals surface area contributed by atoms with Crippen LogP contribution in [-0.4, -0.2) is 28.1 Å². The first kappa shape index (κ1) is 16.4. The predicted molar refractivity (Wildman–Crippen MR) is 83.1 cm³/mol. The predicted octanol–water partition coefficient (Wildman–Crippen LogP) is 3.02. The van der Waals surface area contributed by atoms with Gasteiger partial charge in [0.25, 0.3) is 0 Å². The van der Waals surface area contributed by atoms with Gasteiger partial charge in [-0.1, -0.05) is 30.1 Å². The molecule has 1 amide bonds. The molecule has 0 fully saturated rings. The lowest BCUT2D eigenvalue weighted by atomic mass is 10.2. The number of carbonyl (C=O) groups excluding carboxylic acids is 1. The molecule has 0 aliphatic carbocycles. The number of halogens is 2. The molecule has 2 atom stereocenters. The standard InChI is InChI=1S/C12H16Cl2N2O2S/c1-6(17)7(2)19-5-11(18)16-12-9(14)3-8(13)4-10(12)15/h3-4,6-7,17H,5,15H2,1-2H3,(H,16,18). The molecule has 0 radical (unpaired) electrons. The first-order chi connectivity index (χ1) is 8.81. The summed E-state index contributed by atoms with van der Waals surface area (Å²) in [6, 6.07) is 3.04. The van der Waals surface area contributed by atoms with Crippen LogP contribution in [0.2, 0.25) is 10.0 Å². The van der Waals surface area contributed by atoms with E-state index in [1.54, 1.807) is 6.92 Å². The summed E-state index contributed by atoms with van der Waals surface area (Å²) in [6.07, 6.45) is -0.470. The third-order valence-electron chi connectivity index (χ3n) is 2.51. The van der Waals surface area contributed by atoms with Crippen molar-refractivity contribution in [2.45, 2.75) is 25.2 Å². The zero-order valence-corrected chi connectivity index (χ0v) is 12.9. The van der Waals surface area contributed by atoms with Crippen LogP contribution >= 0.6 is 35.0 Å². The Bertz CT molecular complexity index is 446. The van der Waals surface area contributed by atoms with Gasteiger partial charge in [0.1, 0.15) is 0 Å². The summed E-state index contributed by atoms with van der Waals surface area (Å²) >= 11 is 13.1. The van der Waals surface area contributed by atoms with E-state index in [0.717, 1.165) is 0 Å². The lowest BCUT2D eigenvalue weighted by Crippen LogP contribution is -2.21. The van der Waals surface area contributed by atoms with Crippen LogP contribution in [0.15, 0.2) is 12.1 Å². The maximum Gasteiger partial charge on any atom is 0.234 e. The molecular formula is C12H16Cl2N2O2S. The summed E-state index contributed by atoms with van der Waals surface area (Å²) in [4.78, 5) is 11.8. The second-order valence-corrected chi connectivity index (χ2v) is 6.37. The van der Waals surface area contributed by atoms with E-state index in [1.165, 1.54) is 23.9 Å². The van der Waals surface area contributed by atoms with E-state index in [-0.39, 0.29) is 16.9 Å². The summed E-state index contributed by atoms with van der Waals surface area (Å²) in [6.45, 7) is 3.54. The van der Waals surface area contributed by atoms with Crippen molar-refractivity contribution in [3.8, 4) is 0 Å². The number of nitrogens with one attached hydrogen (secondary N) is 1. The average Bonchev–Trinajstić information content (AvgIpc) is 2.30. The van der Waals surface area contributed by atoms with E-state index in [0.29, 0.717) is 21.4 Å². The monoisotopic (exact) mass is 322 g/mol. The smallest absolute Gasteiger partial charge is 0.234 e. The lowest BCUT2D eigenvalue weighted by Gasteiger charge is -2.14. The Hall–Kier alpha value is -0.620. The fourth-order valence-corrected chi connectivity index (χ4v) is 2.57. The maximum absolute atomic E-state index is 11.8. The second kappa shape index (κ2) is 7.24. The molecule has 4 nitrogen and oxygen atoms in total. The molecule has 7 heteroatoms. The van der Waals surface area contributed by atoms with Gasteiger partial charge < -0.3 is 16.2 Å². The van der Waals surface area contributed by atoms with Crippen LogP contribution in [0.25, 0.3) is 0 Å². The number of anilines is 2. The number of hydrogen-bond acceptors (Lipinski definition) is 4. The maximum atomic E-state index is 11.8. The van der Waals surface area contributed by atoms with Crippen molar-refractivity contribution in [3.05, 3.63) is 22.2 Å². The molecule has 106 valence electrons. The Kier molecular flexibility index (Phi) is 6.26. The topological polar surface area (TPSA) is 75.3 Å². The van der Waals surface area contributed by atoms with Crippen LogP contribution in [0.5, 0.6) is 0 Å². The number of amides is 1. The molecule has 0 saturated heterocycles. The highest BCUT2D eigenvalue weighted by Crippen LogP contribution is 2.32. The van der Waals surface area contributed by atoms with E-state index < -0.39 is 6.10 Å². The molecule has 1 aromatic rings. The Morgan fingerprint density at radius 1 is 1.47 bits per heavy atom. The molecule has 0 heterocycles. The van der Waals surface area contributed by atoms with Crippen LogP contribution in [-0.2, 0) is 4.79 Å². The number of nitrogens with two attached hydrogens (primary N) is 1. The van der Waals surface area contributed by atoms with Crippen molar-refractivity contribution in [1.29, 1.82) is 0 Å². The van der Waals surface area contributed by atoms with Gasteiger partial charge in [-0.3, -0.25) is 4.79 Å². The normalized spacial score (nSPS) is 13.9. The molecule has 19 heavy (non-hydrogen) atoms. The molecule has 1 rings (SSSR count). The van der Waals surface area contributed by atoms with E-state index in [4.69, 9.17) is 28.9 Å². The van der Waals surface area contributed by atoms with E-state index >= 15 is 0 Å². The van der Waals surface area contributed by atoms with Crippen LogP contribution in [0.4, 0.5) is 11.4 Å². The fraction of sp³-hybridized carbons (Fsp3) is 0.417. The van der Waals surface area contributed by atoms with Gasteiger partial charge in [0.2, 0.25) is 5.91 Å². The second-order valence-electron chi connectivity index (χ2n) is 4.16. The van der Waals surface area contributed by atoms with Crippen LogP contribution in [0.1, 0.15) is 13.8 Å². The van der Waals surface area contributed by atoms with Crippen molar-refractivity contribution in [3.63, 3.8) is 0 Å². The van der Waals surface area contributed by atoms with Gasteiger partial charge in [0.15, 0.2) is 0 Å². The van der Waals surface area contributed by atoms with Gasteiger partial charge in [-0.25, -0.2) is 0 Å². The molecule has 0 aliphatic rings. The van der Waals surface area contributed by atoms with Gasteiger partial charge in [0.05, 0.1) is 28.3 Å². The Balaban J connectivity index is 2.63. The number of benzene rings is 1. The molecule has 0 aliphatic heterocycles. The number of hydrogen-bond donors (Lipinski definition) is 3. The lowest BCUT2D eigenvalue weighted by molar-refractivity contribution is -0.113. The number of rotatable bonds is 5. The molecular weight excluding hydrogens is 307 g/mol. The number of aliphatic hydroxyl groups is 1. The van der Waals surface area contributed by atoms with Crippen molar-refractivity contribution in [1.82, 2.24) is 0 Å². The zero-order valence-electron chi connectivity index (χ0n) is 10.6. The highest BCUT2D eigenvalue weighted by Gasteiger charge is 2.14. The number of carbonyl (C=O) groups is 1. The van der Waals surface area contributed by atoms with E-state index in [2.05, 4.69) is 5.32 Å². The summed E-state index contributed by atoms with van der Waals surface area (Å²) in [5, 5.41) is 12.7. The third kappa shape index (κ3) is 5.10. The molecule has 0 aromatic heterocycles. The summed E-state index contributed by atoms with van der Waals surface area (Å²) in [5.74, 6) is -0.0156. The van der Waals surface area contributed by atoms with Crippen molar-refractivity contribution in [2.24, 2.45) is 0 Å². The molecule has 1 aromatic carbocycles. The van der Waals surface area contributed by atoms with Crippen molar-refractivity contribution >= 4 is 52.2 Å². The van der Waals surface area contributed by atoms with Crippen LogP contribution in [0, 0.1) is 0 Å².